The Bertz CT molecular complexity index is 892. The normalized spacial score (nSPS) is 11.7. The summed E-state index contributed by atoms with van der Waals surface area (Å²) in [6, 6.07) is 9.60. The maximum atomic E-state index is 12.7. The van der Waals surface area contributed by atoms with Crippen molar-refractivity contribution >= 4 is 44.2 Å². The highest BCUT2D eigenvalue weighted by molar-refractivity contribution is 7.22. The van der Waals surface area contributed by atoms with E-state index in [1.54, 1.807) is 18.2 Å². The zero-order valence-corrected chi connectivity index (χ0v) is 12.9. The van der Waals surface area contributed by atoms with Crippen molar-refractivity contribution in [2.24, 2.45) is 0 Å². The molecule has 0 aliphatic rings. The molecule has 3 rings (SSSR count). The van der Waals surface area contributed by atoms with Gasteiger partial charge >= 0.3 is 6.18 Å². The molecule has 3 aromatic rings. The Morgan fingerprint density at radius 3 is 2.65 bits per heavy atom. The van der Waals surface area contributed by atoms with Gasteiger partial charge in [0.2, 0.25) is 0 Å². The van der Waals surface area contributed by atoms with Gasteiger partial charge in [0.15, 0.2) is 5.13 Å². The Kier molecular flexibility index (Phi) is 3.99. The predicted octanol–water partition coefficient (Wildman–Crippen LogP) is 5.22. The second kappa shape index (κ2) is 5.82. The van der Waals surface area contributed by atoms with E-state index in [1.807, 2.05) is 0 Å². The van der Waals surface area contributed by atoms with Crippen molar-refractivity contribution < 1.29 is 18.0 Å². The number of nitrogens with zero attached hydrogens (tertiary/aromatic N) is 1. The highest BCUT2D eigenvalue weighted by Gasteiger charge is 2.30. The molecule has 2 aromatic carbocycles. The molecule has 1 amide bonds. The van der Waals surface area contributed by atoms with Crippen LogP contribution >= 0.6 is 22.9 Å². The lowest BCUT2D eigenvalue weighted by atomic mass is 10.2. The topological polar surface area (TPSA) is 42.0 Å². The summed E-state index contributed by atoms with van der Waals surface area (Å²) < 4.78 is 38.4. The monoisotopic (exact) mass is 356 g/mol. The third kappa shape index (κ3) is 3.46. The number of benzene rings is 2. The first kappa shape index (κ1) is 15.8. The maximum absolute atomic E-state index is 12.7. The molecule has 0 fully saturated rings. The number of carbonyl (C=O) groups excluding carboxylic acids is 1. The number of aromatic nitrogens is 1. The lowest BCUT2D eigenvalue weighted by Crippen LogP contribution is -2.11. The average molecular weight is 357 g/mol. The molecule has 0 unspecified atom stereocenters. The maximum Gasteiger partial charge on any atom is 0.416 e. The van der Waals surface area contributed by atoms with E-state index in [0.29, 0.717) is 20.8 Å². The van der Waals surface area contributed by atoms with Gasteiger partial charge < -0.3 is 0 Å². The van der Waals surface area contributed by atoms with Crippen molar-refractivity contribution in [1.29, 1.82) is 0 Å². The third-order valence-corrected chi connectivity index (χ3v) is 4.19. The van der Waals surface area contributed by atoms with E-state index < -0.39 is 17.6 Å². The Hall–Kier alpha value is -2.12. The van der Waals surface area contributed by atoms with Gasteiger partial charge in [-0.3, -0.25) is 10.1 Å². The second-order valence-corrected chi connectivity index (χ2v) is 6.13. The summed E-state index contributed by atoms with van der Waals surface area (Å²) in [4.78, 5) is 16.2. The number of alkyl halides is 3. The molecule has 8 heteroatoms. The molecule has 0 radical (unpaired) electrons. The summed E-state index contributed by atoms with van der Waals surface area (Å²) in [7, 11) is 0. The minimum Gasteiger partial charge on any atom is -0.298 e. The molecule has 0 spiro atoms. The first-order valence-corrected chi connectivity index (χ1v) is 7.57. The minimum absolute atomic E-state index is 0.226. The third-order valence-electron chi connectivity index (χ3n) is 3.02. The van der Waals surface area contributed by atoms with E-state index in [-0.39, 0.29) is 5.13 Å². The molecule has 23 heavy (non-hydrogen) atoms. The first-order chi connectivity index (χ1) is 10.8. The molecule has 0 bridgehead atoms. The number of fused-ring (bicyclic) bond motifs is 1. The zero-order valence-electron chi connectivity index (χ0n) is 11.3. The standard InChI is InChI=1S/C15H8ClF3N2OS/c16-10-3-1-2-8(6-10)13(22)21-14-20-11-5-4-9(15(17,18)19)7-12(11)23-14/h1-7H,(H,20,21,22). The van der Waals surface area contributed by atoms with Gasteiger partial charge in [0.1, 0.15) is 0 Å². The summed E-state index contributed by atoms with van der Waals surface area (Å²) in [5.41, 5.74) is -0.0153. The van der Waals surface area contributed by atoms with Crippen LogP contribution in [0.4, 0.5) is 18.3 Å². The average Bonchev–Trinajstić information content (AvgIpc) is 2.87. The van der Waals surface area contributed by atoms with Crippen molar-refractivity contribution in [3.63, 3.8) is 0 Å². The Balaban J connectivity index is 1.87. The van der Waals surface area contributed by atoms with E-state index in [0.717, 1.165) is 23.5 Å². The van der Waals surface area contributed by atoms with Crippen LogP contribution in [-0.4, -0.2) is 10.9 Å². The zero-order chi connectivity index (χ0) is 16.6. The van der Waals surface area contributed by atoms with E-state index >= 15 is 0 Å². The van der Waals surface area contributed by atoms with Crippen LogP contribution in [0.1, 0.15) is 15.9 Å². The summed E-state index contributed by atoms with van der Waals surface area (Å²) >= 11 is 6.80. The van der Waals surface area contributed by atoms with Gasteiger partial charge in [0.05, 0.1) is 15.8 Å². The summed E-state index contributed by atoms with van der Waals surface area (Å²) in [6.45, 7) is 0. The molecule has 1 N–H and O–H groups in total. The number of amides is 1. The van der Waals surface area contributed by atoms with E-state index in [1.165, 1.54) is 12.1 Å². The van der Waals surface area contributed by atoms with Crippen molar-refractivity contribution in [2.45, 2.75) is 6.18 Å². The number of carbonyl (C=O) groups is 1. The van der Waals surface area contributed by atoms with Crippen LogP contribution in [0.2, 0.25) is 5.02 Å². The Morgan fingerprint density at radius 1 is 1.17 bits per heavy atom. The Labute approximate surface area is 137 Å². The van der Waals surface area contributed by atoms with E-state index in [4.69, 9.17) is 11.6 Å². The predicted molar refractivity (Wildman–Crippen MR) is 84.0 cm³/mol. The van der Waals surface area contributed by atoms with Gasteiger partial charge in [-0.25, -0.2) is 4.98 Å². The van der Waals surface area contributed by atoms with Gasteiger partial charge in [-0.05, 0) is 36.4 Å². The number of rotatable bonds is 2. The van der Waals surface area contributed by atoms with Crippen molar-refractivity contribution in [3.8, 4) is 0 Å². The fourth-order valence-electron chi connectivity index (χ4n) is 1.95. The van der Waals surface area contributed by atoms with Crippen molar-refractivity contribution in [1.82, 2.24) is 4.98 Å². The molecule has 0 aliphatic carbocycles. The quantitative estimate of drug-likeness (QED) is 0.684. The molecule has 0 saturated heterocycles. The van der Waals surface area contributed by atoms with Gasteiger partial charge in [-0.15, -0.1) is 0 Å². The minimum atomic E-state index is -4.41. The molecule has 3 nitrogen and oxygen atoms in total. The first-order valence-electron chi connectivity index (χ1n) is 6.37. The van der Waals surface area contributed by atoms with E-state index in [2.05, 4.69) is 10.3 Å². The van der Waals surface area contributed by atoms with Crippen molar-refractivity contribution in [2.75, 3.05) is 5.32 Å². The SMILES string of the molecule is O=C(Nc1nc2ccc(C(F)(F)F)cc2s1)c1cccc(Cl)c1. The van der Waals surface area contributed by atoms with Crippen molar-refractivity contribution in [3.05, 3.63) is 58.6 Å². The second-order valence-electron chi connectivity index (χ2n) is 4.66. The fraction of sp³-hybridized carbons (Fsp3) is 0.0667. The van der Waals surface area contributed by atoms with Crippen LogP contribution in [0.15, 0.2) is 42.5 Å². The van der Waals surface area contributed by atoms with Crippen LogP contribution < -0.4 is 5.32 Å². The molecule has 0 saturated carbocycles. The number of halogens is 4. The molecule has 118 valence electrons. The van der Waals surface area contributed by atoms with Crippen LogP contribution in [0.5, 0.6) is 0 Å². The lowest BCUT2D eigenvalue weighted by Gasteiger charge is -2.04. The van der Waals surface area contributed by atoms with Gasteiger partial charge in [-0.1, -0.05) is 29.0 Å². The van der Waals surface area contributed by atoms with Gasteiger partial charge in [-0.2, -0.15) is 13.2 Å². The van der Waals surface area contributed by atoms with Crippen LogP contribution in [0.3, 0.4) is 0 Å². The molecule has 1 aromatic heterocycles. The lowest BCUT2D eigenvalue weighted by molar-refractivity contribution is -0.137. The molecule has 1 heterocycles. The Morgan fingerprint density at radius 2 is 1.96 bits per heavy atom. The summed E-state index contributed by atoms with van der Waals surface area (Å²) in [5, 5.41) is 3.20. The molecule has 0 atom stereocenters. The summed E-state index contributed by atoms with van der Waals surface area (Å²) in [6.07, 6.45) is -4.41. The molecular weight excluding hydrogens is 349 g/mol. The molecular formula is C15H8ClF3N2OS. The smallest absolute Gasteiger partial charge is 0.298 e. The van der Waals surface area contributed by atoms with Crippen LogP contribution in [0.25, 0.3) is 10.2 Å². The molecule has 0 aliphatic heterocycles. The largest absolute Gasteiger partial charge is 0.416 e. The fourth-order valence-corrected chi connectivity index (χ4v) is 3.04. The number of anilines is 1. The van der Waals surface area contributed by atoms with Crippen LogP contribution in [-0.2, 0) is 6.18 Å². The number of nitrogens with one attached hydrogen (secondary N) is 1. The highest BCUT2D eigenvalue weighted by atomic mass is 35.5. The van der Waals surface area contributed by atoms with Gasteiger partial charge in [0.25, 0.3) is 5.91 Å². The highest BCUT2D eigenvalue weighted by Crippen LogP contribution is 2.34. The van der Waals surface area contributed by atoms with Crippen LogP contribution in [0, 0.1) is 0 Å². The summed E-state index contributed by atoms with van der Waals surface area (Å²) in [5.74, 6) is -0.428. The number of hydrogen-bond acceptors (Lipinski definition) is 3. The number of thiazole rings is 1. The number of hydrogen-bond donors (Lipinski definition) is 1. The van der Waals surface area contributed by atoms with Gasteiger partial charge in [0, 0.05) is 10.6 Å². The van der Waals surface area contributed by atoms with E-state index in [9.17, 15) is 18.0 Å².